The molecule has 8 heteroatoms. The highest BCUT2D eigenvalue weighted by atomic mass is 28.5. The van der Waals surface area contributed by atoms with Gasteiger partial charge in [0.15, 0.2) is 9.04 Å². The highest BCUT2D eigenvalue weighted by Gasteiger charge is 2.43. The van der Waals surface area contributed by atoms with E-state index >= 15 is 0 Å². The van der Waals surface area contributed by atoms with Gasteiger partial charge in [0, 0.05) is 5.41 Å². The number of hydrogen-bond donors (Lipinski definition) is 1. The molecule has 59 heavy (non-hydrogen) atoms. The minimum absolute atomic E-state index is 0.0359. The van der Waals surface area contributed by atoms with Crippen molar-refractivity contribution < 1.29 is 17.1 Å². The third-order valence-corrected chi connectivity index (χ3v) is 22.9. The highest BCUT2D eigenvalue weighted by molar-refractivity contribution is 6.85. The van der Waals surface area contributed by atoms with Crippen LogP contribution >= 0.6 is 0 Å². The normalized spacial score (nSPS) is 13.4. The van der Waals surface area contributed by atoms with Crippen molar-refractivity contribution >= 4 is 34.7 Å². The Bertz CT molecular complexity index is 2140. The Balaban J connectivity index is 0.000000312. The maximum absolute atomic E-state index is 9.79. The van der Waals surface area contributed by atoms with Crippen LogP contribution in [0.5, 0.6) is 0 Å². The van der Waals surface area contributed by atoms with Gasteiger partial charge in [0.05, 0.1) is 0 Å². The summed E-state index contributed by atoms with van der Waals surface area (Å²) >= 11 is 0. The van der Waals surface area contributed by atoms with E-state index < -0.39 is 34.7 Å². The Morgan fingerprint density at radius 1 is 0.458 bits per heavy atom. The summed E-state index contributed by atoms with van der Waals surface area (Å²) in [5.41, 5.74) is 16.1. The fraction of sp³-hybridized carbons (Fsp3) is 0.294. The van der Waals surface area contributed by atoms with Crippen molar-refractivity contribution in [2.75, 3.05) is 0 Å². The van der Waals surface area contributed by atoms with Crippen LogP contribution in [0, 0.1) is 0 Å². The predicted octanol–water partition coefficient (Wildman–Crippen LogP) is 14.3. The Hall–Kier alpha value is -3.97. The second kappa shape index (κ2) is 18.7. The van der Waals surface area contributed by atoms with Crippen LogP contribution in [0.2, 0.25) is 52.4 Å². The van der Waals surface area contributed by atoms with Gasteiger partial charge in [-0.25, -0.2) is 0 Å². The number of hydrogen-bond acceptors (Lipinski definition) is 4. The standard InChI is InChI=1S/C43H38.C8H26O4Si4/c1-3-27-43(28-4-2)41-29-37(35-19-15-33(16-20-35)31-11-7-5-8-12-31)23-25-39(41)40-26-24-38(30-42(40)43)36-21-17-34(18-22-36)32-13-9-6-10-14-32;1-13(2)10-15(5,6)12-16(7,8)11-14(3,4)9/h5-26,29-30H,3-4,27-28H2,1-2H3;9,13H,1-8H3. The molecule has 0 saturated carbocycles. The number of benzene rings is 6. The smallest absolute Gasteiger partial charge is 0.320 e. The van der Waals surface area contributed by atoms with Crippen LogP contribution in [0.15, 0.2) is 146 Å². The lowest BCUT2D eigenvalue weighted by molar-refractivity contribution is 0.299. The van der Waals surface area contributed by atoms with E-state index in [1.807, 2.05) is 26.2 Å². The molecule has 0 atom stereocenters. The van der Waals surface area contributed by atoms with Gasteiger partial charge < -0.3 is 17.1 Å². The molecule has 0 radical (unpaired) electrons. The van der Waals surface area contributed by atoms with Crippen molar-refractivity contribution in [1.82, 2.24) is 0 Å². The van der Waals surface area contributed by atoms with Gasteiger partial charge in [-0.1, -0.05) is 160 Å². The first-order chi connectivity index (χ1) is 28.0. The molecule has 1 aliphatic carbocycles. The van der Waals surface area contributed by atoms with E-state index in [4.69, 9.17) is 12.3 Å². The van der Waals surface area contributed by atoms with Gasteiger partial charge in [0.1, 0.15) is 0 Å². The van der Waals surface area contributed by atoms with Gasteiger partial charge >= 0.3 is 25.7 Å². The maximum Gasteiger partial charge on any atom is 0.320 e. The van der Waals surface area contributed by atoms with Crippen molar-refractivity contribution in [2.24, 2.45) is 0 Å². The molecule has 0 unspecified atom stereocenters. The zero-order chi connectivity index (χ0) is 42.4. The van der Waals surface area contributed by atoms with Gasteiger partial charge in [-0.3, -0.25) is 0 Å². The molecule has 6 aromatic carbocycles. The second-order valence-corrected chi connectivity index (χ2v) is 30.8. The molecule has 0 aliphatic heterocycles. The molecule has 7 rings (SSSR count). The molecule has 1 N–H and O–H groups in total. The summed E-state index contributed by atoms with van der Waals surface area (Å²) in [6, 6.07) is 53.9. The van der Waals surface area contributed by atoms with E-state index in [-0.39, 0.29) is 5.41 Å². The minimum Gasteiger partial charge on any atom is -0.440 e. The first-order valence-electron chi connectivity index (χ1n) is 21.4. The molecular formula is C51H64O4Si4. The summed E-state index contributed by atoms with van der Waals surface area (Å²) < 4.78 is 17.7. The molecule has 308 valence electrons. The van der Waals surface area contributed by atoms with E-state index in [1.165, 1.54) is 66.8 Å². The zero-order valence-electron chi connectivity index (χ0n) is 36.9. The lowest BCUT2D eigenvalue weighted by atomic mass is 9.71. The van der Waals surface area contributed by atoms with Gasteiger partial charge in [0.2, 0.25) is 0 Å². The molecule has 0 heterocycles. The van der Waals surface area contributed by atoms with Crippen molar-refractivity contribution in [3.05, 3.63) is 157 Å². The Morgan fingerprint density at radius 3 is 1.14 bits per heavy atom. The van der Waals surface area contributed by atoms with Crippen LogP contribution in [0.25, 0.3) is 55.6 Å². The average molecular weight is 853 g/mol. The zero-order valence-corrected chi connectivity index (χ0v) is 41.1. The quantitative estimate of drug-likeness (QED) is 0.111. The summed E-state index contributed by atoms with van der Waals surface area (Å²) in [4.78, 5) is 9.79. The molecule has 0 aromatic heterocycles. The van der Waals surface area contributed by atoms with E-state index in [2.05, 4.69) is 173 Å². The fourth-order valence-corrected chi connectivity index (χ4v) is 24.4. The van der Waals surface area contributed by atoms with E-state index in [1.54, 1.807) is 13.1 Å². The second-order valence-electron chi connectivity index (χ2n) is 17.6. The molecule has 0 bridgehead atoms. The molecular weight excluding hydrogens is 789 g/mol. The summed E-state index contributed by atoms with van der Waals surface area (Å²) in [6.07, 6.45) is 4.64. The van der Waals surface area contributed by atoms with Crippen molar-refractivity contribution in [2.45, 2.75) is 97.3 Å². The molecule has 0 spiro atoms. The number of fused-ring (bicyclic) bond motifs is 3. The minimum atomic E-state index is -2.52. The summed E-state index contributed by atoms with van der Waals surface area (Å²) in [7, 11) is -7.97. The average Bonchev–Trinajstić information content (AvgIpc) is 3.45. The van der Waals surface area contributed by atoms with E-state index in [9.17, 15) is 4.80 Å². The predicted molar refractivity (Wildman–Crippen MR) is 261 cm³/mol. The van der Waals surface area contributed by atoms with Crippen LogP contribution < -0.4 is 0 Å². The van der Waals surface area contributed by atoms with Gasteiger partial charge in [-0.05, 0) is 144 Å². The van der Waals surface area contributed by atoms with E-state index in [0.717, 1.165) is 25.7 Å². The third kappa shape index (κ3) is 11.1. The van der Waals surface area contributed by atoms with Crippen LogP contribution in [0.3, 0.4) is 0 Å². The van der Waals surface area contributed by atoms with Gasteiger partial charge in [0.25, 0.3) is 0 Å². The maximum atomic E-state index is 9.79. The topological polar surface area (TPSA) is 47.9 Å². The molecule has 1 aliphatic rings. The van der Waals surface area contributed by atoms with Crippen LogP contribution in [-0.4, -0.2) is 39.5 Å². The van der Waals surface area contributed by atoms with Crippen molar-refractivity contribution in [3.63, 3.8) is 0 Å². The monoisotopic (exact) mass is 852 g/mol. The lowest BCUT2D eigenvalue weighted by Gasteiger charge is -2.36. The molecule has 6 aromatic rings. The fourth-order valence-electron chi connectivity index (χ4n) is 9.15. The van der Waals surface area contributed by atoms with Crippen LogP contribution in [0.1, 0.15) is 50.7 Å². The van der Waals surface area contributed by atoms with Gasteiger partial charge in [-0.15, -0.1) is 0 Å². The molecule has 4 nitrogen and oxygen atoms in total. The molecule has 0 fully saturated rings. The molecule has 0 saturated heterocycles. The van der Waals surface area contributed by atoms with Crippen molar-refractivity contribution in [1.29, 1.82) is 0 Å². The van der Waals surface area contributed by atoms with Crippen LogP contribution in [0.4, 0.5) is 0 Å². The van der Waals surface area contributed by atoms with Crippen LogP contribution in [-0.2, 0) is 17.8 Å². The summed E-state index contributed by atoms with van der Waals surface area (Å²) in [5, 5.41) is 0. The van der Waals surface area contributed by atoms with Crippen molar-refractivity contribution in [3.8, 4) is 55.6 Å². The highest BCUT2D eigenvalue weighted by Crippen LogP contribution is 2.55. The summed E-state index contributed by atoms with van der Waals surface area (Å²) in [5.74, 6) is 0. The number of rotatable bonds is 14. The largest absolute Gasteiger partial charge is 0.440 e. The Morgan fingerprint density at radius 2 is 0.797 bits per heavy atom. The SMILES string of the molecule is CCCC1(CCC)c2cc(-c3ccc(-c4ccccc4)cc3)ccc2-c2ccc(-c3ccc(-c4ccccc4)cc3)cc21.C[SiH](C)O[Si](C)(C)O[Si](C)(C)O[Si](C)(C)O. The first kappa shape index (κ1) is 44.6. The first-order valence-corrected chi connectivity index (χ1v) is 32.7. The lowest BCUT2D eigenvalue weighted by Crippen LogP contribution is -2.54. The van der Waals surface area contributed by atoms with Gasteiger partial charge in [-0.2, -0.15) is 0 Å². The summed E-state index contributed by atoms with van der Waals surface area (Å²) in [6.45, 7) is 20.5. The Labute approximate surface area is 359 Å². The van der Waals surface area contributed by atoms with E-state index in [0.29, 0.717) is 0 Å². The Kier molecular flexibility index (Phi) is 14.2. The molecule has 0 amide bonds. The third-order valence-electron chi connectivity index (χ3n) is 10.9.